The molecule has 0 N–H and O–H groups in total. The molecule has 0 radical (unpaired) electrons. The number of rotatable bonds is 0. The van der Waals surface area contributed by atoms with Gasteiger partial charge in [0.15, 0.2) is 0 Å². The Kier molecular flexibility index (Phi) is 2.26. The van der Waals surface area contributed by atoms with E-state index in [0.29, 0.717) is 10.8 Å². The van der Waals surface area contributed by atoms with Crippen molar-refractivity contribution in [2.45, 2.75) is 51.9 Å². The molecule has 90 valence electrons. The molecular formula is C17H22. The summed E-state index contributed by atoms with van der Waals surface area (Å²) < 4.78 is 0. The van der Waals surface area contributed by atoms with E-state index in [1.165, 1.54) is 31.2 Å². The van der Waals surface area contributed by atoms with Gasteiger partial charge in [-0.3, -0.25) is 0 Å². The molecule has 1 aromatic rings. The summed E-state index contributed by atoms with van der Waals surface area (Å²) in [7, 11) is 0. The molecule has 0 nitrogen and oxygen atoms in total. The minimum Gasteiger partial charge on any atom is -0.0634 e. The average molecular weight is 226 g/mol. The van der Waals surface area contributed by atoms with Crippen molar-refractivity contribution < 1.29 is 0 Å². The fraction of sp³-hybridized carbons (Fsp3) is 0.529. The highest BCUT2D eigenvalue weighted by Crippen LogP contribution is 2.54. The largest absolute Gasteiger partial charge is 0.0634 e. The molecule has 17 heavy (non-hydrogen) atoms. The van der Waals surface area contributed by atoms with Crippen molar-refractivity contribution in [2.24, 2.45) is 5.41 Å². The van der Waals surface area contributed by atoms with Gasteiger partial charge in [0.05, 0.1) is 0 Å². The van der Waals surface area contributed by atoms with Crippen molar-refractivity contribution >= 4 is 6.08 Å². The summed E-state index contributed by atoms with van der Waals surface area (Å²) >= 11 is 0. The average Bonchev–Trinajstić information content (AvgIpc) is 2.24. The smallest absolute Gasteiger partial charge is 0.000363 e. The van der Waals surface area contributed by atoms with E-state index >= 15 is 0 Å². The van der Waals surface area contributed by atoms with Gasteiger partial charge in [-0.15, -0.1) is 0 Å². The zero-order valence-electron chi connectivity index (χ0n) is 11.2. The van der Waals surface area contributed by atoms with Crippen molar-refractivity contribution in [3.63, 3.8) is 0 Å². The van der Waals surface area contributed by atoms with Crippen LogP contribution < -0.4 is 0 Å². The molecule has 1 saturated carbocycles. The fourth-order valence-electron chi connectivity index (χ4n) is 3.34. The Morgan fingerprint density at radius 3 is 2.35 bits per heavy atom. The monoisotopic (exact) mass is 226 g/mol. The van der Waals surface area contributed by atoms with Crippen molar-refractivity contribution in [3.8, 4) is 0 Å². The van der Waals surface area contributed by atoms with Crippen molar-refractivity contribution in [2.75, 3.05) is 0 Å². The molecule has 0 bridgehead atoms. The standard InChI is InChI=1S/C17H22/c1-16(2,3)14-11-13-7-4-5-8-15(13)17(12-14)9-6-10-17/h4-5,7-8,11H,6,9-10,12H2,1-3H3. The minimum absolute atomic E-state index is 0.316. The Bertz CT molecular complexity index is 467. The number of allylic oxidation sites excluding steroid dienone is 1. The van der Waals surface area contributed by atoms with Gasteiger partial charge in [-0.25, -0.2) is 0 Å². The first-order valence-corrected chi connectivity index (χ1v) is 6.82. The molecule has 0 saturated heterocycles. The summed E-state index contributed by atoms with van der Waals surface area (Å²) in [6.45, 7) is 7.04. The van der Waals surface area contributed by atoms with E-state index < -0.39 is 0 Å². The lowest BCUT2D eigenvalue weighted by Crippen LogP contribution is -2.38. The lowest BCUT2D eigenvalue weighted by molar-refractivity contribution is 0.225. The molecule has 3 rings (SSSR count). The van der Waals surface area contributed by atoms with Crippen LogP contribution in [0.1, 0.15) is 57.6 Å². The van der Waals surface area contributed by atoms with Gasteiger partial charge in [0.2, 0.25) is 0 Å². The van der Waals surface area contributed by atoms with Crippen LogP contribution in [-0.4, -0.2) is 0 Å². The minimum atomic E-state index is 0.316. The third-order valence-corrected chi connectivity index (χ3v) is 4.66. The molecule has 0 atom stereocenters. The number of hydrogen-bond acceptors (Lipinski definition) is 0. The van der Waals surface area contributed by atoms with E-state index in [9.17, 15) is 0 Å². The fourth-order valence-corrected chi connectivity index (χ4v) is 3.34. The Labute approximate surface area is 105 Å². The van der Waals surface area contributed by atoms with Gasteiger partial charge in [0.25, 0.3) is 0 Å². The van der Waals surface area contributed by atoms with Crippen LogP contribution in [0.25, 0.3) is 6.08 Å². The van der Waals surface area contributed by atoms with Crippen LogP contribution in [0.2, 0.25) is 0 Å². The quantitative estimate of drug-likeness (QED) is 0.587. The molecule has 2 aliphatic rings. The molecule has 1 aromatic carbocycles. The van der Waals surface area contributed by atoms with E-state index in [4.69, 9.17) is 0 Å². The normalized spacial score (nSPS) is 21.7. The first-order chi connectivity index (χ1) is 8.01. The van der Waals surface area contributed by atoms with Crippen LogP contribution in [-0.2, 0) is 5.41 Å². The molecule has 0 amide bonds. The third kappa shape index (κ3) is 1.66. The zero-order chi connectivity index (χ0) is 12.1. The Hall–Kier alpha value is -1.04. The summed E-state index contributed by atoms with van der Waals surface area (Å²) in [5.74, 6) is 0. The van der Waals surface area contributed by atoms with Crippen LogP contribution in [0, 0.1) is 5.41 Å². The molecule has 0 aromatic heterocycles. The predicted octanol–water partition coefficient (Wildman–Crippen LogP) is 4.94. The molecule has 1 spiro atoms. The predicted molar refractivity (Wildman–Crippen MR) is 74.0 cm³/mol. The topological polar surface area (TPSA) is 0 Å². The van der Waals surface area contributed by atoms with E-state index in [0.717, 1.165) is 0 Å². The van der Waals surface area contributed by atoms with Gasteiger partial charge in [0, 0.05) is 0 Å². The van der Waals surface area contributed by atoms with Gasteiger partial charge in [-0.05, 0) is 41.2 Å². The second-order valence-electron chi connectivity index (χ2n) is 6.82. The summed E-state index contributed by atoms with van der Waals surface area (Å²) in [6.07, 6.45) is 7.91. The van der Waals surface area contributed by atoms with Crippen molar-refractivity contribution in [1.82, 2.24) is 0 Å². The van der Waals surface area contributed by atoms with E-state index in [1.54, 1.807) is 11.1 Å². The maximum atomic E-state index is 2.44. The molecule has 2 aliphatic carbocycles. The second-order valence-corrected chi connectivity index (χ2v) is 6.82. The second kappa shape index (κ2) is 3.48. The van der Waals surface area contributed by atoms with Gasteiger partial charge in [-0.1, -0.05) is 63.1 Å². The molecular weight excluding hydrogens is 204 g/mol. The van der Waals surface area contributed by atoms with Crippen molar-refractivity contribution in [1.29, 1.82) is 0 Å². The van der Waals surface area contributed by atoms with Gasteiger partial charge < -0.3 is 0 Å². The highest BCUT2D eigenvalue weighted by atomic mass is 14.5. The highest BCUT2D eigenvalue weighted by Gasteiger charge is 2.43. The lowest BCUT2D eigenvalue weighted by Gasteiger charge is -2.48. The number of benzene rings is 1. The molecule has 1 fully saturated rings. The summed E-state index contributed by atoms with van der Waals surface area (Å²) in [6, 6.07) is 9.02. The molecule has 0 heterocycles. The van der Waals surface area contributed by atoms with Gasteiger partial charge >= 0.3 is 0 Å². The summed E-state index contributed by atoms with van der Waals surface area (Å²) in [4.78, 5) is 0. The first kappa shape index (κ1) is 11.1. The van der Waals surface area contributed by atoms with Gasteiger partial charge in [-0.2, -0.15) is 0 Å². The van der Waals surface area contributed by atoms with Crippen LogP contribution in [0.4, 0.5) is 0 Å². The van der Waals surface area contributed by atoms with E-state index in [-0.39, 0.29) is 0 Å². The molecule has 0 heteroatoms. The lowest BCUT2D eigenvalue weighted by atomic mass is 9.56. The first-order valence-electron chi connectivity index (χ1n) is 6.82. The van der Waals surface area contributed by atoms with Crippen LogP contribution in [0.15, 0.2) is 29.8 Å². The Morgan fingerprint density at radius 1 is 1.06 bits per heavy atom. The maximum absolute atomic E-state index is 2.44. The van der Waals surface area contributed by atoms with Gasteiger partial charge in [0.1, 0.15) is 0 Å². The summed E-state index contributed by atoms with van der Waals surface area (Å²) in [5, 5.41) is 0. The Balaban J connectivity index is 2.12. The number of fused-ring (bicyclic) bond motifs is 2. The maximum Gasteiger partial charge on any atom is -0.000363 e. The third-order valence-electron chi connectivity index (χ3n) is 4.66. The summed E-state index contributed by atoms with van der Waals surface area (Å²) in [5.41, 5.74) is 5.53. The van der Waals surface area contributed by atoms with Crippen LogP contribution in [0.3, 0.4) is 0 Å². The Morgan fingerprint density at radius 2 is 1.76 bits per heavy atom. The number of hydrogen-bond donors (Lipinski definition) is 0. The van der Waals surface area contributed by atoms with Crippen molar-refractivity contribution in [3.05, 3.63) is 41.0 Å². The van der Waals surface area contributed by atoms with Crippen LogP contribution >= 0.6 is 0 Å². The van der Waals surface area contributed by atoms with E-state index in [1.807, 2.05) is 0 Å². The van der Waals surface area contributed by atoms with E-state index in [2.05, 4.69) is 51.1 Å². The molecule has 0 unspecified atom stereocenters. The zero-order valence-corrected chi connectivity index (χ0v) is 11.2. The highest BCUT2D eigenvalue weighted by molar-refractivity contribution is 5.64. The SMILES string of the molecule is CC(C)(C)C1=Cc2ccccc2C2(CCC2)C1. The van der Waals surface area contributed by atoms with Crippen LogP contribution in [0.5, 0.6) is 0 Å². The molecule has 0 aliphatic heterocycles.